The molecule has 0 bridgehead atoms. The third kappa shape index (κ3) is 5.35. The summed E-state index contributed by atoms with van der Waals surface area (Å²) in [5.41, 5.74) is 0. The molecule has 1 aliphatic rings. The first-order valence-electron chi connectivity index (χ1n) is 6.29. The van der Waals surface area contributed by atoms with Gasteiger partial charge >= 0.3 is 6.03 Å². The molecule has 2 N–H and O–H groups in total. The second-order valence-electron chi connectivity index (χ2n) is 5.09. The van der Waals surface area contributed by atoms with Crippen LogP contribution in [0.2, 0.25) is 0 Å². The second kappa shape index (κ2) is 6.74. The maximum absolute atomic E-state index is 11.6. The van der Waals surface area contributed by atoms with Crippen molar-refractivity contribution in [3.05, 3.63) is 0 Å². The van der Waals surface area contributed by atoms with E-state index < -0.39 is 0 Å². The van der Waals surface area contributed by atoms with Gasteiger partial charge in [0, 0.05) is 12.1 Å². The topological polar surface area (TPSA) is 44.4 Å². The molecule has 2 amide bonds. The van der Waals surface area contributed by atoms with Gasteiger partial charge in [-0.15, -0.1) is 0 Å². The van der Waals surface area contributed by atoms with Crippen molar-refractivity contribution >= 4 is 6.03 Å². The van der Waals surface area contributed by atoms with E-state index in [2.05, 4.69) is 22.5 Å². The molecule has 1 fully saturated rings. The number of hydrogen-bond donors (Lipinski definition) is 2. The summed E-state index contributed by atoms with van der Waals surface area (Å²) in [6, 6.07) is 0.642. The molecule has 0 aliphatic heterocycles. The molecule has 0 aromatic rings. The van der Waals surface area contributed by atoms with Crippen LogP contribution in [-0.2, 0) is 0 Å². The summed E-state index contributed by atoms with van der Waals surface area (Å²) in [7, 11) is 4.09. The molecule has 1 unspecified atom stereocenters. The molecule has 0 radical (unpaired) electrons. The van der Waals surface area contributed by atoms with Gasteiger partial charge in [-0.25, -0.2) is 4.79 Å². The maximum atomic E-state index is 11.6. The largest absolute Gasteiger partial charge is 0.336 e. The van der Waals surface area contributed by atoms with Crippen LogP contribution in [-0.4, -0.2) is 43.7 Å². The number of urea groups is 1. The van der Waals surface area contributed by atoms with Gasteiger partial charge in [0.1, 0.15) is 0 Å². The first kappa shape index (κ1) is 13.3. The molecule has 0 saturated heterocycles. The van der Waals surface area contributed by atoms with E-state index in [1.54, 1.807) is 0 Å². The number of nitrogens with one attached hydrogen (secondary N) is 2. The molecule has 1 saturated carbocycles. The Balaban J connectivity index is 2.12. The van der Waals surface area contributed by atoms with Crippen molar-refractivity contribution in [1.29, 1.82) is 0 Å². The molecule has 4 heteroatoms. The summed E-state index contributed by atoms with van der Waals surface area (Å²) in [4.78, 5) is 13.8. The van der Waals surface area contributed by atoms with Gasteiger partial charge in [-0.2, -0.15) is 0 Å². The van der Waals surface area contributed by atoms with Gasteiger partial charge < -0.3 is 15.5 Å². The summed E-state index contributed by atoms with van der Waals surface area (Å²) >= 11 is 0. The smallest absolute Gasteiger partial charge is 0.315 e. The van der Waals surface area contributed by atoms with Gasteiger partial charge in [0.2, 0.25) is 0 Å². The fourth-order valence-corrected chi connectivity index (χ4v) is 2.05. The van der Waals surface area contributed by atoms with Crippen molar-refractivity contribution in [2.75, 3.05) is 20.6 Å². The fraction of sp³-hybridized carbons (Fsp3) is 0.917. The highest BCUT2D eigenvalue weighted by molar-refractivity contribution is 5.74. The standard InChI is InChI=1S/C12H25N3O/c1-10(8-9-15(2)3)13-12(16)14-11-6-4-5-7-11/h10-11H,4-9H2,1-3H3,(H2,13,14,16). The SMILES string of the molecule is CC(CCN(C)C)NC(=O)NC1CCCC1. The van der Waals surface area contributed by atoms with E-state index in [1.165, 1.54) is 12.8 Å². The Morgan fingerprint density at radius 1 is 1.38 bits per heavy atom. The van der Waals surface area contributed by atoms with Crippen LogP contribution in [0.4, 0.5) is 4.79 Å². The van der Waals surface area contributed by atoms with Crippen LogP contribution in [0.5, 0.6) is 0 Å². The molecule has 0 aromatic heterocycles. The minimum atomic E-state index is -0.00171. The molecular formula is C12H25N3O. The lowest BCUT2D eigenvalue weighted by molar-refractivity contribution is 0.232. The molecular weight excluding hydrogens is 202 g/mol. The van der Waals surface area contributed by atoms with Gasteiger partial charge in [-0.05, 0) is 46.8 Å². The summed E-state index contributed by atoms with van der Waals surface area (Å²) in [5.74, 6) is 0. The second-order valence-corrected chi connectivity index (χ2v) is 5.09. The number of nitrogens with zero attached hydrogens (tertiary/aromatic N) is 1. The molecule has 16 heavy (non-hydrogen) atoms. The number of rotatable bonds is 5. The molecule has 1 atom stereocenters. The zero-order chi connectivity index (χ0) is 12.0. The zero-order valence-electron chi connectivity index (χ0n) is 10.8. The number of amides is 2. The van der Waals surface area contributed by atoms with Crippen molar-refractivity contribution < 1.29 is 4.79 Å². The molecule has 0 aromatic carbocycles. The predicted octanol–water partition coefficient (Wildman–Crippen LogP) is 1.57. The third-order valence-corrected chi connectivity index (χ3v) is 3.08. The van der Waals surface area contributed by atoms with E-state index in [0.717, 1.165) is 25.8 Å². The zero-order valence-corrected chi connectivity index (χ0v) is 10.8. The Hall–Kier alpha value is -0.770. The van der Waals surface area contributed by atoms with Gasteiger partial charge in [-0.1, -0.05) is 12.8 Å². The van der Waals surface area contributed by atoms with Crippen LogP contribution in [0.3, 0.4) is 0 Å². The van der Waals surface area contributed by atoms with Crippen LogP contribution in [0.1, 0.15) is 39.0 Å². The third-order valence-electron chi connectivity index (χ3n) is 3.08. The first-order chi connectivity index (χ1) is 7.58. The van der Waals surface area contributed by atoms with Gasteiger partial charge in [0.25, 0.3) is 0 Å². The highest BCUT2D eigenvalue weighted by Gasteiger charge is 2.17. The minimum absolute atomic E-state index is 0.00171. The first-order valence-corrected chi connectivity index (χ1v) is 6.29. The number of carbonyl (C=O) groups excluding carboxylic acids is 1. The summed E-state index contributed by atoms with van der Waals surface area (Å²) in [5, 5.41) is 6.02. The monoisotopic (exact) mass is 227 g/mol. The van der Waals surface area contributed by atoms with E-state index in [1.807, 2.05) is 14.1 Å². The van der Waals surface area contributed by atoms with Crippen molar-refractivity contribution in [1.82, 2.24) is 15.5 Å². The summed E-state index contributed by atoms with van der Waals surface area (Å²) < 4.78 is 0. The fourth-order valence-electron chi connectivity index (χ4n) is 2.05. The van der Waals surface area contributed by atoms with Gasteiger partial charge in [-0.3, -0.25) is 0 Å². The molecule has 1 aliphatic carbocycles. The maximum Gasteiger partial charge on any atom is 0.315 e. The van der Waals surface area contributed by atoms with Crippen molar-refractivity contribution in [3.8, 4) is 0 Å². The van der Waals surface area contributed by atoms with Gasteiger partial charge in [0.15, 0.2) is 0 Å². The quantitative estimate of drug-likeness (QED) is 0.749. The molecule has 4 nitrogen and oxygen atoms in total. The van der Waals surface area contributed by atoms with E-state index >= 15 is 0 Å². The molecule has 94 valence electrons. The number of hydrogen-bond acceptors (Lipinski definition) is 2. The highest BCUT2D eigenvalue weighted by Crippen LogP contribution is 2.17. The van der Waals surface area contributed by atoms with Crippen LogP contribution >= 0.6 is 0 Å². The molecule has 1 rings (SSSR count). The van der Waals surface area contributed by atoms with Gasteiger partial charge in [0.05, 0.1) is 0 Å². The Labute approximate surface area is 98.8 Å². The Bertz CT molecular complexity index is 212. The normalized spacial score (nSPS) is 18.8. The van der Waals surface area contributed by atoms with Crippen molar-refractivity contribution in [3.63, 3.8) is 0 Å². The van der Waals surface area contributed by atoms with E-state index in [-0.39, 0.29) is 12.1 Å². The molecule has 0 heterocycles. The van der Waals surface area contributed by atoms with Crippen molar-refractivity contribution in [2.24, 2.45) is 0 Å². The van der Waals surface area contributed by atoms with Crippen LogP contribution in [0.25, 0.3) is 0 Å². The van der Waals surface area contributed by atoms with E-state index in [4.69, 9.17) is 0 Å². The Morgan fingerprint density at radius 3 is 2.56 bits per heavy atom. The lowest BCUT2D eigenvalue weighted by Crippen LogP contribution is -2.45. The lowest BCUT2D eigenvalue weighted by atomic mass is 10.2. The minimum Gasteiger partial charge on any atom is -0.336 e. The average Bonchev–Trinajstić information content (AvgIpc) is 2.67. The summed E-state index contributed by atoms with van der Waals surface area (Å²) in [6.07, 6.45) is 5.77. The van der Waals surface area contributed by atoms with Crippen molar-refractivity contribution in [2.45, 2.75) is 51.1 Å². The van der Waals surface area contributed by atoms with Crippen LogP contribution in [0.15, 0.2) is 0 Å². The Morgan fingerprint density at radius 2 is 2.00 bits per heavy atom. The van der Waals surface area contributed by atoms with E-state index in [9.17, 15) is 4.79 Å². The van der Waals surface area contributed by atoms with E-state index in [0.29, 0.717) is 6.04 Å². The summed E-state index contributed by atoms with van der Waals surface area (Å²) in [6.45, 7) is 3.06. The van der Waals surface area contributed by atoms with Crippen LogP contribution in [0, 0.1) is 0 Å². The Kier molecular flexibility index (Phi) is 5.60. The lowest BCUT2D eigenvalue weighted by Gasteiger charge is -2.19. The predicted molar refractivity (Wildman–Crippen MR) is 66.6 cm³/mol. The average molecular weight is 227 g/mol. The number of carbonyl (C=O) groups is 1. The highest BCUT2D eigenvalue weighted by atomic mass is 16.2. The van der Waals surface area contributed by atoms with Crippen LogP contribution < -0.4 is 10.6 Å². The molecule has 0 spiro atoms.